The lowest BCUT2D eigenvalue weighted by molar-refractivity contribution is -0.183. The number of hydrogen-bond donors (Lipinski definition) is 0. The molecule has 1 fully saturated rings. The molecule has 21 heavy (non-hydrogen) atoms. The average molecular weight is 292 g/mol. The molecule has 0 radical (unpaired) electrons. The quantitative estimate of drug-likeness (QED) is 0.441. The van der Waals surface area contributed by atoms with Gasteiger partial charge in [0.2, 0.25) is 0 Å². The van der Waals surface area contributed by atoms with Crippen LogP contribution in [0.15, 0.2) is 23.3 Å². The number of esters is 2. The van der Waals surface area contributed by atoms with Crippen molar-refractivity contribution in [3.8, 4) is 0 Å². The number of carbonyl (C=O) groups is 3. The maximum Gasteiger partial charge on any atom is 0.335 e. The minimum Gasteiger partial charge on any atom is -0.468 e. The molecule has 0 N–H and O–H groups in total. The molecule has 0 heterocycles. The average Bonchev–Trinajstić information content (AvgIpc) is 2.43. The Hall–Kier alpha value is -1.91. The fourth-order valence-corrected chi connectivity index (χ4v) is 4.09. The number of fused-ring (bicyclic) bond motifs is 1. The Bertz CT molecular complexity index is 596. The van der Waals surface area contributed by atoms with Crippen molar-refractivity contribution in [2.24, 2.45) is 16.7 Å². The second kappa shape index (κ2) is 4.55. The summed E-state index contributed by atoms with van der Waals surface area (Å²) in [6, 6.07) is 0. The first-order chi connectivity index (χ1) is 9.67. The zero-order valence-corrected chi connectivity index (χ0v) is 13.0. The fraction of sp³-hybridized carbons (Fsp3) is 0.562. The Labute approximate surface area is 124 Å². The van der Waals surface area contributed by atoms with E-state index in [-0.39, 0.29) is 11.4 Å². The van der Waals surface area contributed by atoms with Crippen LogP contribution in [0, 0.1) is 16.7 Å². The van der Waals surface area contributed by atoms with Crippen LogP contribution in [-0.4, -0.2) is 31.9 Å². The van der Waals surface area contributed by atoms with Gasteiger partial charge in [0.05, 0.1) is 19.8 Å². The van der Waals surface area contributed by atoms with Crippen LogP contribution in [0.25, 0.3) is 0 Å². The lowest BCUT2D eigenvalue weighted by Crippen LogP contribution is -2.70. The van der Waals surface area contributed by atoms with Crippen LogP contribution >= 0.6 is 0 Å². The summed E-state index contributed by atoms with van der Waals surface area (Å²) in [6.45, 7) is 9.26. The Morgan fingerprint density at radius 3 is 2.29 bits per heavy atom. The maximum absolute atomic E-state index is 12.8. The van der Waals surface area contributed by atoms with Crippen molar-refractivity contribution in [1.29, 1.82) is 0 Å². The lowest BCUT2D eigenvalue weighted by Gasteiger charge is -2.59. The highest BCUT2D eigenvalue weighted by Crippen LogP contribution is 2.66. The predicted molar refractivity (Wildman–Crippen MR) is 75.2 cm³/mol. The number of ether oxygens (including phenoxy) is 2. The predicted octanol–water partition coefficient (Wildman–Crippen LogP) is 1.82. The first-order valence-corrected chi connectivity index (χ1v) is 6.76. The number of ketones is 1. The zero-order chi connectivity index (χ0) is 16.2. The molecule has 2 aliphatic carbocycles. The van der Waals surface area contributed by atoms with Crippen LogP contribution in [0.5, 0.6) is 0 Å². The van der Waals surface area contributed by atoms with Crippen LogP contribution in [0.4, 0.5) is 0 Å². The topological polar surface area (TPSA) is 69.7 Å². The summed E-state index contributed by atoms with van der Waals surface area (Å²) in [4.78, 5) is 37.4. The molecule has 0 unspecified atom stereocenters. The van der Waals surface area contributed by atoms with Gasteiger partial charge in [-0.1, -0.05) is 31.6 Å². The SMILES string of the molecule is C=C1CC(C)=C(C(=O)OC)[C@@]2(C(=O)OC)C(=O)C(C)(C)[C@@H]12. The van der Waals surface area contributed by atoms with Gasteiger partial charge < -0.3 is 9.47 Å². The van der Waals surface area contributed by atoms with Crippen molar-refractivity contribution in [3.63, 3.8) is 0 Å². The van der Waals surface area contributed by atoms with Crippen LogP contribution in [-0.2, 0) is 23.9 Å². The molecule has 0 aromatic rings. The van der Waals surface area contributed by atoms with Gasteiger partial charge in [-0.2, -0.15) is 0 Å². The second-order valence-corrected chi connectivity index (χ2v) is 6.27. The number of methoxy groups -OCH3 is 2. The third-order valence-electron chi connectivity index (χ3n) is 4.72. The van der Waals surface area contributed by atoms with Crippen LogP contribution in [0.1, 0.15) is 27.2 Å². The Balaban J connectivity index is 2.77. The minimum atomic E-state index is -1.59. The largest absolute Gasteiger partial charge is 0.468 e. The summed E-state index contributed by atoms with van der Waals surface area (Å²) in [5.41, 5.74) is -0.804. The molecule has 114 valence electrons. The van der Waals surface area contributed by atoms with E-state index in [4.69, 9.17) is 9.47 Å². The van der Waals surface area contributed by atoms with E-state index in [2.05, 4.69) is 6.58 Å². The molecule has 0 saturated heterocycles. The van der Waals surface area contributed by atoms with Gasteiger partial charge in [0.25, 0.3) is 0 Å². The summed E-state index contributed by atoms with van der Waals surface area (Å²) in [5.74, 6) is -2.12. The van der Waals surface area contributed by atoms with Gasteiger partial charge in [0.15, 0.2) is 11.2 Å². The molecule has 0 aliphatic heterocycles. The zero-order valence-electron chi connectivity index (χ0n) is 13.0. The molecule has 0 bridgehead atoms. The number of hydrogen-bond acceptors (Lipinski definition) is 5. The molecule has 2 atom stereocenters. The van der Waals surface area contributed by atoms with E-state index in [1.807, 2.05) is 0 Å². The van der Waals surface area contributed by atoms with Gasteiger partial charge in [-0.3, -0.25) is 9.59 Å². The Morgan fingerprint density at radius 2 is 1.81 bits per heavy atom. The highest BCUT2D eigenvalue weighted by atomic mass is 16.5. The van der Waals surface area contributed by atoms with E-state index in [9.17, 15) is 14.4 Å². The third-order valence-corrected chi connectivity index (χ3v) is 4.72. The van der Waals surface area contributed by atoms with Gasteiger partial charge in [-0.25, -0.2) is 4.79 Å². The van der Waals surface area contributed by atoms with Crippen LogP contribution in [0.2, 0.25) is 0 Å². The van der Waals surface area contributed by atoms with Gasteiger partial charge in [-0.15, -0.1) is 0 Å². The van der Waals surface area contributed by atoms with Crippen molar-refractivity contribution in [2.45, 2.75) is 27.2 Å². The highest BCUT2D eigenvalue weighted by molar-refractivity contribution is 6.21. The smallest absolute Gasteiger partial charge is 0.335 e. The van der Waals surface area contributed by atoms with Gasteiger partial charge >= 0.3 is 11.9 Å². The first kappa shape index (κ1) is 15.5. The van der Waals surface area contributed by atoms with E-state index < -0.39 is 28.7 Å². The van der Waals surface area contributed by atoms with E-state index in [0.717, 1.165) is 5.57 Å². The molecular formula is C16H20O5. The molecule has 1 saturated carbocycles. The first-order valence-electron chi connectivity index (χ1n) is 6.76. The molecule has 0 aromatic heterocycles. The molecule has 2 rings (SSSR count). The molecule has 0 amide bonds. The van der Waals surface area contributed by atoms with Crippen molar-refractivity contribution in [3.05, 3.63) is 23.3 Å². The van der Waals surface area contributed by atoms with E-state index in [0.29, 0.717) is 12.0 Å². The van der Waals surface area contributed by atoms with Gasteiger partial charge in [0, 0.05) is 11.3 Å². The molecule has 0 spiro atoms. The summed E-state index contributed by atoms with van der Waals surface area (Å²) < 4.78 is 9.65. The molecular weight excluding hydrogens is 272 g/mol. The summed E-state index contributed by atoms with van der Waals surface area (Å²) in [7, 11) is 2.45. The minimum absolute atomic E-state index is 0.124. The van der Waals surface area contributed by atoms with Gasteiger partial charge in [-0.05, 0) is 13.3 Å². The summed E-state index contributed by atoms with van der Waals surface area (Å²) >= 11 is 0. The molecule has 0 aromatic carbocycles. The standard InChI is InChI=1S/C16H20O5/c1-8-7-9(2)11-15(3,4)13(18)16(11,14(19)21-6)10(8)12(17)20-5/h11H,2,7H2,1,3-6H3/t11-,16+/m1/s1. The monoisotopic (exact) mass is 292 g/mol. The van der Waals surface area contributed by atoms with Crippen molar-refractivity contribution < 1.29 is 23.9 Å². The van der Waals surface area contributed by atoms with Crippen molar-refractivity contribution in [2.75, 3.05) is 14.2 Å². The maximum atomic E-state index is 12.8. The fourth-order valence-electron chi connectivity index (χ4n) is 4.09. The Morgan fingerprint density at radius 1 is 1.24 bits per heavy atom. The van der Waals surface area contributed by atoms with Crippen molar-refractivity contribution >= 4 is 17.7 Å². The van der Waals surface area contributed by atoms with E-state index in [1.54, 1.807) is 20.8 Å². The van der Waals surface area contributed by atoms with E-state index in [1.165, 1.54) is 14.2 Å². The molecule has 5 heteroatoms. The summed E-state index contributed by atoms with van der Waals surface area (Å²) in [6.07, 6.45) is 0.477. The van der Waals surface area contributed by atoms with Crippen LogP contribution < -0.4 is 0 Å². The highest BCUT2D eigenvalue weighted by Gasteiger charge is 2.76. The summed E-state index contributed by atoms with van der Waals surface area (Å²) in [5, 5.41) is 0. The number of rotatable bonds is 2. The molecule has 5 nitrogen and oxygen atoms in total. The number of Topliss-reactive ketones (excluding diaryl/α,β-unsaturated/α-hetero) is 1. The Kier molecular flexibility index (Phi) is 3.35. The lowest BCUT2D eigenvalue weighted by atomic mass is 9.39. The molecule has 2 aliphatic rings. The number of carbonyl (C=O) groups excluding carboxylic acids is 3. The number of allylic oxidation sites excluding steroid dienone is 2. The normalized spacial score (nSPS) is 30.4. The van der Waals surface area contributed by atoms with Crippen molar-refractivity contribution in [1.82, 2.24) is 0 Å². The van der Waals surface area contributed by atoms with Crippen LogP contribution in [0.3, 0.4) is 0 Å². The third kappa shape index (κ3) is 1.60. The van der Waals surface area contributed by atoms with Gasteiger partial charge in [0.1, 0.15) is 0 Å². The second-order valence-electron chi connectivity index (χ2n) is 6.27. The van der Waals surface area contributed by atoms with E-state index >= 15 is 0 Å².